The number of hydrogen-bond acceptors (Lipinski definition) is 6. The molecule has 0 saturated carbocycles. The molecule has 7 nitrogen and oxygen atoms in total. The van der Waals surface area contributed by atoms with E-state index in [0.29, 0.717) is 40.0 Å². The van der Waals surface area contributed by atoms with Crippen LogP contribution in [0.15, 0.2) is 40.8 Å². The van der Waals surface area contributed by atoms with Crippen LogP contribution >= 0.6 is 0 Å². The minimum atomic E-state index is -0.283. The molecule has 0 radical (unpaired) electrons. The van der Waals surface area contributed by atoms with E-state index >= 15 is 0 Å². The zero-order valence-electron chi connectivity index (χ0n) is 16.8. The Balaban J connectivity index is 1.62. The number of nitrogens with zero attached hydrogens (tertiary/aromatic N) is 1. The molecular formula is C23H24N2O5. The fourth-order valence-electron chi connectivity index (χ4n) is 4.58. The van der Waals surface area contributed by atoms with Crippen LogP contribution in [-0.4, -0.2) is 54.4 Å². The monoisotopic (exact) mass is 408 g/mol. The van der Waals surface area contributed by atoms with E-state index in [2.05, 4.69) is 10.2 Å². The summed E-state index contributed by atoms with van der Waals surface area (Å²) >= 11 is 0. The van der Waals surface area contributed by atoms with E-state index in [0.717, 1.165) is 32.7 Å². The second kappa shape index (κ2) is 7.04. The summed E-state index contributed by atoms with van der Waals surface area (Å²) in [4.78, 5) is 15.2. The molecule has 156 valence electrons. The lowest BCUT2D eigenvalue weighted by atomic mass is 9.85. The van der Waals surface area contributed by atoms with E-state index in [9.17, 15) is 15.0 Å². The molecule has 2 saturated heterocycles. The van der Waals surface area contributed by atoms with Crippen molar-refractivity contribution in [3.63, 3.8) is 0 Å². The van der Waals surface area contributed by atoms with Gasteiger partial charge in [-0.2, -0.15) is 0 Å². The van der Waals surface area contributed by atoms with E-state index in [1.54, 1.807) is 43.4 Å². The van der Waals surface area contributed by atoms with Crippen LogP contribution in [0.2, 0.25) is 0 Å². The molecule has 1 amide bonds. The van der Waals surface area contributed by atoms with Gasteiger partial charge in [-0.05, 0) is 49.4 Å². The zero-order chi connectivity index (χ0) is 20.9. The molecule has 2 aliphatic rings. The molecule has 3 heterocycles. The van der Waals surface area contributed by atoms with E-state index in [4.69, 9.17) is 9.15 Å². The molecule has 0 atom stereocenters. The fraction of sp³-hybridized carbons (Fsp3) is 0.348. The summed E-state index contributed by atoms with van der Waals surface area (Å²) in [5.74, 6) is 0.421. The summed E-state index contributed by atoms with van der Waals surface area (Å²) in [5, 5.41) is 23.6. The molecule has 3 aromatic rings. The molecule has 0 aliphatic carbocycles. The van der Waals surface area contributed by atoms with Gasteiger partial charge in [0.05, 0.1) is 18.8 Å². The van der Waals surface area contributed by atoms with Crippen molar-refractivity contribution in [1.29, 1.82) is 0 Å². The Bertz CT molecular complexity index is 1110. The van der Waals surface area contributed by atoms with Crippen LogP contribution in [0.5, 0.6) is 11.5 Å². The zero-order valence-corrected chi connectivity index (χ0v) is 16.8. The second-order valence-electron chi connectivity index (χ2n) is 8.32. The number of amides is 1. The predicted octanol–water partition coefficient (Wildman–Crippen LogP) is 3.09. The van der Waals surface area contributed by atoms with Crippen LogP contribution in [0.1, 0.15) is 22.3 Å². The van der Waals surface area contributed by atoms with E-state index < -0.39 is 0 Å². The fourth-order valence-corrected chi connectivity index (χ4v) is 4.58. The number of carbonyl (C=O) groups excluding carboxylic acids is 1. The maximum atomic E-state index is 12.9. The summed E-state index contributed by atoms with van der Waals surface area (Å²) in [7, 11) is 1.57. The van der Waals surface area contributed by atoms with Gasteiger partial charge in [-0.15, -0.1) is 0 Å². The molecule has 2 fully saturated rings. The highest BCUT2D eigenvalue weighted by Crippen LogP contribution is 2.42. The number of ether oxygens (including phenoxy) is 1. The highest BCUT2D eigenvalue weighted by Gasteiger charge is 2.44. The molecule has 0 unspecified atom stereocenters. The van der Waals surface area contributed by atoms with Crippen LogP contribution in [-0.2, 0) is 11.3 Å². The predicted molar refractivity (Wildman–Crippen MR) is 112 cm³/mol. The first-order valence-electron chi connectivity index (χ1n) is 10.1. The van der Waals surface area contributed by atoms with Gasteiger partial charge < -0.3 is 24.7 Å². The van der Waals surface area contributed by atoms with Gasteiger partial charge in [0.15, 0.2) is 0 Å². The van der Waals surface area contributed by atoms with Gasteiger partial charge in [-0.1, -0.05) is 0 Å². The maximum absolute atomic E-state index is 12.9. The van der Waals surface area contributed by atoms with Crippen LogP contribution in [0.4, 0.5) is 0 Å². The SMILES string of the molecule is CNC(=O)c1c(-c2ccc(O)cc2)oc2ccc(O)c(CN3CCC4(COC4)C3)c12. The molecule has 2 aliphatic heterocycles. The average Bonchev–Trinajstić information content (AvgIpc) is 3.32. The molecule has 30 heavy (non-hydrogen) atoms. The third-order valence-corrected chi connectivity index (χ3v) is 6.24. The third kappa shape index (κ3) is 3.02. The van der Waals surface area contributed by atoms with Gasteiger partial charge in [0.1, 0.15) is 22.8 Å². The Morgan fingerprint density at radius 1 is 1.17 bits per heavy atom. The van der Waals surface area contributed by atoms with E-state index in [1.165, 1.54) is 0 Å². The van der Waals surface area contributed by atoms with E-state index in [-0.39, 0.29) is 22.8 Å². The minimum absolute atomic E-state index is 0.137. The first kappa shape index (κ1) is 19.0. The molecule has 2 aromatic carbocycles. The quantitative estimate of drug-likeness (QED) is 0.614. The number of aromatic hydroxyl groups is 2. The number of hydrogen-bond donors (Lipinski definition) is 3. The highest BCUT2D eigenvalue weighted by molar-refractivity contribution is 6.12. The van der Waals surface area contributed by atoms with Crippen molar-refractivity contribution in [1.82, 2.24) is 10.2 Å². The van der Waals surface area contributed by atoms with Crippen LogP contribution in [0.25, 0.3) is 22.3 Å². The standard InChI is InChI=1S/C23H24N2O5/c1-24-22(28)20-19-16(10-25-9-8-23(11-25)12-29-13-23)17(27)6-7-18(19)30-21(20)14-2-4-15(26)5-3-14/h2-7,26-27H,8-13H2,1H3,(H,24,28). The van der Waals surface area contributed by atoms with Crippen molar-refractivity contribution in [3.8, 4) is 22.8 Å². The van der Waals surface area contributed by atoms with Crippen molar-refractivity contribution in [2.45, 2.75) is 13.0 Å². The largest absolute Gasteiger partial charge is 0.508 e. The normalized spacial score (nSPS) is 18.0. The summed E-state index contributed by atoms with van der Waals surface area (Å²) in [6.45, 7) is 3.96. The summed E-state index contributed by atoms with van der Waals surface area (Å²) in [6.07, 6.45) is 1.08. The Morgan fingerprint density at radius 3 is 2.57 bits per heavy atom. The maximum Gasteiger partial charge on any atom is 0.255 e. The molecular weight excluding hydrogens is 384 g/mol. The number of furan rings is 1. The molecule has 5 rings (SSSR count). The number of benzene rings is 2. The number of carbonyl (C=O) groups is 1. The number of phenolic OH excluding ortho intramolecular Hbond substituents is 2. The van der Waals surface area contributed by atoms with Gasteiger partial charge in [0.25, 0.3) is 5.91 Å². The van der Waals surface area contributed by atoms with Crippen molar-refractivity contribution >= 4 is 16.9 Å². The molecule has 7 heteroatoms. The molecule has 0 bridgehead atoms. The second-order valence-corrected chi connectivity index (χ2v) is 8.32. The van der Waals surface area contributed by atoms with Crippen molar-refractivity contribution in [2.24, 2.45) is 5.41 Å². The number of phenols is 2. The van der Waals surface area contributed by atoms with Gasteiger partial charge in [0.2, 0.25) is 0 Å². The lowest BCUT2D eigenvalue weighted by Crippen LogP contribution is -2.44. The van der Waals surface area contributed by atoms with Gasteiger partial charge in [-0.3, -0.25) is 9.69 Å². The number of nitrogens with one attached hydrogen (secondary N) is 1. The van der Waals surface area contributed by atoms with Gasteiger partial charge in [0, 0.05) is 42.1 Å². The Labute approximate surface area is 173 Å². The van der Waals surface area contributed by atoms with Crippen LogP contribution in [0, 0.1) is 5.41 Å². The Kier molecular flexibility index (Phi) is 4.45. The third-order valence-electron chi connectivity index (χ3n) is 6.24. The van der Waals surface area contributed by atoms with Gasteiger partial charge >= 0.3 is 0 Å². The highest BCUT2D eigenvalue weighted by atomic mass is 16.5. The van der Waals surface area contributed by atoms with Crippen LogP contribution in [0.3, 0.4) is 0 Å². The molecule has 1 spiro atoms. The lowest BCUT2D eigenvalue weighted by Gasteiger charge is -2.37. The summed E-state index contributed by atoms with van der Waals surface area (Å²) < 4.78 is 11.5. The Hall–Kier alpha value is -3.03. The Morgan fingerprint density at radius 2 is 1.93 bits per heavy atom. The smallest absolute Gasteiger partial charge is 0.255 e. The average molecular weight is 408 g/mol. The van der Waals surface area contributed by atoms with Crippen molar-refractivity contribution in [3.05, 3.63) is 47.5 Å². The first-order chi connectivity index (χ1) is 14.5. The van der Waals surface area contributed by atoms with Crippen molar-refractivity contribution in [2.75, 3.05) is 33.4 Å². The number of rotatable bonds is 4. The van der Waals surface area contributed by atoms with Gasteiger partial charge in [-0.25, -0.2) is 0 Å². The van der Waals surface area contributed by atoms with E-state index in [1.807, 2.05) is 0 Å². The lowest BCUT2D eigenvalue weighted by molar-refractivity contribution is -0.105. The minimum Gasteiger partial charge on any atom is -0.508 e. The number of fused-ring (bicyclic) bond motifs is 1. The topological polar surface area (TPSA) is 95.2 Å². The summed E-state index contributed by atoms with van der Waals surface area (Å²) in [5.41, 5.74) is 2.55. The van der Waals surface area contributed by atoms with Crippen molar-refractivity contribution < 1.29 is 24.2 Å². The summed E-state index contributed by atoms with van der Waals surface area (Å²) in [6, 6.07) is 9.83. The van der Waals surface area contributed by atoms with Crippen LogP contribution < -0.4 is 5.32 Å². The number of likely N-dealkylation sites (tertiary alicyclic amines) is 1. The first-order valence-corrected chi connectivity index (χ1v) is 10.1. The molecule has 3 N–H and O–H groups in total. The molecule has 1 aromatic heterocycles.